The molecule has 0 amide bonds. The minimum atomic E-state index is 0.416. The second-order valence-electron chi connectivity index (χ2n) is 4.39. The van der Waals surface area contributed by atoms with Crippen LogP contribution in [-0.2, 0) is 13.6 Å². The Hall–Kier alpha value is -2.01. The summed E-state index contributed by atoms with van der Waals surface area (Å²) in [5, 5.41) is 0. The van der Waals surface area contributed by atoms with Crippen LogP contribution in [0.3, 0.4) is 0 Å². The van der Waals surface area contributed by atoms with Crippen LogP contribution in [0.1, 0.15) is 11.3 Å². The normalized spacial score (nSPS) is 10.6. The molecule has 5 nitrogen and oxygen atoms in total. The highest BCUT2D eigenvalue weighted by Gasteiger charge is 2.15. The summed E-state index contributed by atoms with van der Waals surface area (Å²) in [5.41, 5.74) is 8.40. The molecule has 102 valence electrons. The van der Waals surface area contributed by atoms with Crippen LogP contribution in [0.15, 0.2) is 18.3 Å². The maximum atomic E-state index is 5.63. The lowest BCUT2D eigenvalue weighted by Gasteiger charge is -2.12. The molecule has 2 N–H and O–H groups in total. The fourth-order valence-electron chi connectivity index (χ4n) is 2.10. The van der Waals surface area contributed by atoms with Gasteiger partial charge in [0, 0.05) is 19.8 Å². The Kier molecular flexibility index (Phi) is 3.76. The number of aromatic nitrogens is 2. The van der Waals surface area contributed by atoms with Crippen LogP contribution >= 0.6 is 0 Å². The average molecular weight is 261 g/mol. The lowest BCUT2D eigenvalue weighted by molar-refractivity contribution is 0.401. The third-order valence-electron chi connectivity index (χ3n) is 3.09. The van der Waals surface area contributed by atoms with E-state index in [9.17, 15) is 0 Å². The van der Waals surface area contributed by atoms with Gasteiger partial charge in [0.05, 0.1) is 25.5 Å². The molecule has 0 saturated heterocycles. The first-order valence-electron chi connectivity index (χ1n) is 6.06. The largest absolute Gasteiger partial charge is 0.496 e. The molecule has 19 heavy (non-hydrogen) atoms. The average Bonchev–Trinajstić information content (AvgIpc) is 2.79. The van der Waals surface area contributed by atoms with Gasteiger partial charge in [-0.3, -0.25) is 0 Å². The predicted octanol–water partition coefficient (Wildman–Crippen LogP) is 1.87. The van der Waals surface area contributed by atoms with Gasteiger partial charge in [0.2, 0.25) is 0 Å². The van der Waals surface area contributed by atoms with E-state index in [2.05, 4.69) is 4.98 Å². The van der Waals surface area contributed by atoms with E-state index in [1.54, 1.807) is 14.2 Å². The molecule has 1 aromatic carbocycles. The molecule has 2 rings (SSSR count). The molecule has 0 spiro atoms. The van der Waals surface area contributed by atoms with Crippen molar-refractivity contribution >= 4 is 0 Å². The first-order chi connectivity index (χ1) is 9.10. The van der Waals surface area contributed by atoms with Crippen molar-refractivity contribution in [2.75, 3.05) is 14.2 Å². The molecule has 1 aromatic heterocycles. The van der Waals surface area contributed by atoms with Crippen LogP contribution in [0.2, 0.25) is 0 Å². The molecule has 0 aliphatic carbocycles. The summed E-state index contributed by atoms with van der Waals surface area (Å²) >= 11 is 0. The number of rotatable bonds is 4. The van der Waals surface area contributed by atoms with Gasteiger partial charge in [-0.25, -0.2) is 4.98 Å². The highest BCUT2D eigenvalue weighted by molar-refractivity contribution is 5.68. The van der Waals surface area contributed by atoms with Gasteiger partial charge in [-0.1, -0.05) is 0 Å². The van der Waals surface area contributed by atoms with Crippen molar-refractivity contribution in [3.63, 3.8) is 0 Å². The molecule has 5 heteroatoms. The molecule has 1 heterocycles. The third-order valence-corrected chi connectivity index (χ3v) is 3.09. The smallest absolute Gasteiger partial charge is 0.143 e. The first kappa shape index (κ1) is 13.4. The van der Waals surface area contributed by atoms with Gasteiger partial charge in [0.15, 0.2) is 0 Å². The summed E-state index contributed by atoms with van der Waals surface area (Å²) in [7, 11) is 5.24. The van der Waals surface area contributed by atoms with Crippen molar-refractivity contribution in [1.29, 1.82) is 0 Å². The Morgan fingerprint density at radius 3 is 2.42 bits per heavy atom. The van der Waals surface area contributed by atoms with Crippen LogP contribution in [0.25, 0.3) is 11.4 Å². The van der Waals surface area contributed by atoms with Crippen molar-refractivity contribution in [3.05, 3.63) is 29.6 Å². The number of aryl methyl sites for hydroxylation is 2. The molecular formula is C14H19N3O2. The van der Waals surface area contributed by atoms with Crippen LogP contribution in [0.5, 0.6) is 11.5 Å². The van der Waals surface area contributed by atoms with Gasteiger partial charge in [-0.2, -0.15) is 0 Å². The minimum Gasteiger partial charge on any atom is -0.496 e. The summed E-state index contributed by atoms with van der Waals surface area (Å²) in [6.45, 7) is 2.40. The summed E-state index contributed by atoms with van der Waals surface area (Å²) in [4.78, 5) is 4.51. The van der Waals surface area contributed by atoms with Gasteiger partial charge in [0.25, 0.3) is 0 Å². The monoisotopic (exact) mass is 261 g/mol. The number of imidazole rings is 1. The Morgan fingerprint density at radius 1 is 1.21 bits per heavy atom. The van der Waals surface area contributed by atoms with Crippen LogP contribution in [0.4, 0.5) is 0 Å². The Labute approximate surface area is 113 Å². The lowest BCUT2D eigenvalue weighted by Crippen LogP contribution is -1.98. The van der Waals surface area contributed by atoms with Gasteiger partial charge in [-0.05, 0) is 24.6 Å². The molecule has 0 bridgehead atoms. The fourth-order valence-corrected chi connectivity index (χ4v) is 2.10. The summed E-state index contributed by atoms with van der Waals surface area (Å²) in [6.07, 6.45) is 1.92. The number of hydrogen-bond donors (Lipinski definition) is 1. The van der Waals surface area contributed by atoms with Crippen LogP contribution in [0, 0.1) is 6.92 Å². The Morgan fingerprint density at radius 2 is 1.89 bits per heavy atom. The van der Waals surface area contributed by atoms with E-state index < -0.39 is 0 Å². The second kappa shape index (κ2) is 5.32. The highest BCUT2D eigenvalue weighted by Crippen LogP contribution is 2.35. The number of ether oxygens (including phenoxy) is 2. The summed E-state index contributed by atoms with van der Waals surface area (Å²) in [5.74, 6) is 2.40. The maximum absolute atomic E-state index is 5.63. The van der Waals surface area contributed by atoms with Crippen molar-refractivity contribution in [3.8, 4) is 22.9 Å². The van der Waals surface area contributed by atoms with E-state index in [1.165, 1.54) is 0 Å². The molecule has 0 aliphatic rings. The Bertz CT molecular complexity index is 591. The van der Waals surface area contributed by atoms with Gasteiger partial charge in [0.1, 0.15) is 17.3 Å². The summed E-state index contributed by atoms with van der Waals surface area (Å²) < 4.78 is 12.7. The minimum absolute atomic E-state index is 0.416. The SMILES string of the molecule is COc1cc(-c2nc(CN)cn2C)c(OC)cc1C. The molecule has 0 atom stereocenters. The zero-order chi connectivity index (χ0) is 14.0. The molecular weight excluding hydrogens is 242 g/mol. The van der Waals surface area contributed by atoms with Gasteiger partial charge >= 0.3 is 0 Å². The van der Waals surface area contributed by atoms with E-state index in [4.69, 9.17) is 15.2 Å². The molecule has 0 radical (unpaired) electrons. The highest BCUT2D eigenvalue weighted by atomic mass is 16.5. The van der Waals surface area contributed by atoms with E-state index in [-0.39, 0.29) is 0 Å². The molecule has 0 unspecified atom stereocenters. The van der Waals surface area contributed by atoms with Crippen molar-refractivity contribution < 1.29 is 9.47 Å². The lowest BCUT2D eigenvalue weighted by atomic mass is 10.1. The zero-order valence-electron chi connectivity index (χ0n) is 11.7. The number of benzene rings is 1. The van der Waals surface area contributed by atoms with Crippen LogP contribution < -0.4 is 15.2 Å². The van der Waals surface area contributed by atoms with Crippen molar-refractivity contribution in [2.45, 2.75) is 13.5 Å². The number of nitrogens with two attached hydrogens (primary N) is 1. The molecule has 0 saturated carbocycles. The van der Waals surface area contributed by atoms with E-state index in [1.807, 2.05) is 36.9 Å². The van der Waals surface area contributed by atoms with Crippen LogP contribution in [-0.4, -0.2) is 23.8 Å². The standard InChI is InChI=1S/C14H19N3O2/c1-9-5-13(19-4)11(6-12(9)18-3)14-16-10(7-15)8-17(14)2/h5-6,8H,7,15H2,1-4H3. The predicted molar refractivity (Wildman–Crippen MR) is 74.4 cm³/mol. The van der Waals surface area contributed by atoms with E-state index in [0.29, 0.717) is 6.54 Å². The topological polar surface area (TPSA) is 62.3 Å². The number of methoxy groups -OCH3 is 2. The van der Waals surface area contributed by atoms with Crippen molar-refractivity contribution in [1.82, 2.24) is 9.55 Å². The molecule has 0 fully saturated rings. The van der Waals surface area contributed by atoms with Gasteiger partial charge < -0.3 is 19.8 Å². The zero-order valence-corrected chi connectivity index (χ0v) is 11.7. The quantitative estimate of drug-likeness (QED) is 0.912. The number of nitrogens with zero attached hydrogens (tertiary/aromatic N) is 2. The third kappa shape index (κ3) is 2.42. The fraction of sp³-hybridized carbons (Fsp3) is 0.357. The number of hydrogen-bond acceptors (Lipinski definition) is 4. The first-order valence-corrected chi connectivity index (χ1v) is 6.06. The van der Waals surface area contributed by atoms with Gasteiger partial charge in [-0.15, -0.1) is 0 Å². The molecule has 0 aliphatic heterocycles. The summed E-state index contributed by atoms with van der Waals surface area (Å²) in [6, 6.07) is 3.89. The van der Waals surface area contributed by atoms with E-state index in [0.717, 1.165) is 34.1 Å². The second-order valence-corrected chi connectivity index (χ2v) is 4.39. The van der Waals surface area contributed by atoms with Crippen molar-refractivity contribution in [2.24, 2.45) is 12.8 Å². The maximum Gasteiger partial charge on any atom is 0.143 e. The van der Waals surface area contributed by atoms with E-state index >= 15 is 0 Å². The molecule has 2 aromatic rings. The Balaban J connectivity index is 2.62.